The summed E-state index contributed by atoms with van der Waals surface area (Å²) in [5, 5.41) is 8.54. The van der Waals surface area contributed by atoms with Crippen molar-refractivity contribution >= 4 is 63.6 Å². The molecule has 0 aromatic heterocycles. The molecule has 9 heteroatoms. The van der Waals surface area contributed by atoms with E-state index in [1.54, 1.807) is 24.3 Å². The quantitative estimate of drug-likeness (QED) is 0.380. The Labute approximate surface area is 153 Å². The van der Waals surface area contributed by atoms with Crippen molar-refractivity contribution in [2.24, 2.45) is 0 Å². The van der Waals surface area contributed by atoms with Crippen LogP contribution in [-0.4, -0.2) is 13.0 Å². The summed E-state index contributed by atoms with van der Waals surface area (Å²) in [5.74, 6) is 0. The Morgan fingerprint density at radius 2 is 1.50 bits per heavy atom. The minimum absolute atomic E-state index is 0.178. The highest BCUT2D eigenvalue weighted by Gasteiger charge is 2.17. The first-order valence-corrected chi connectivity index (χ1v) is 9.46. The lowest BCUT2D eigenvalue weighted by Gasteiger charge is -2.05. The fourth-order valence-electron chi connectivity index (χ4n) is 1.34. The molecule has 0 saturated carbocycles. The average Bonchev–Trinajstić information content (AvgIpc) is 2.38. The molecule has 0 amide bonds. The number of rotatable bonds is 1. The normalized spacial score (nSPS) is 10.4. The van der Waals surface area contributed by atoms with Crippen LogP contribution in [0.3, 0.4) is 0 Å². The molecule has 2 aromatic rings. The second-order valence-electron chi connectivity index (χ2n) is 4.09. The molecule has 22 heavy (non-hydrogen) atoms. The predicted molar refractivity (Wildman–Crippen MR) is 93.4 cm³/mol. The Hall–Kier alpha value is -0.790. The van der Waals surface area contributed by atoms with Gasteiger partial charge in [0.15, 0.2) is 4.98 Å². The molecular formula is C13H9Br3N2O3S. The molecule has 5 nitrogen and oxygen atoms in total. The maximum atomic E-state index is 10.4. The molecule has 0 unspecified atom stereocenters. The molecule has 0 saturated heterocycles. The van der Waals surface area contributed by atoms with E-state index in [9.17, 15) is 13.0 Å². The SMILES string of the molecule is Cc1ccc(S(=O)(=O)[O-])cc1.N#[N+]c1c(Br)cc(Br)cc1Br. The van der Waals surface area contributed by atoms with Gasteiger partial charge in [0.2, 0.25) is 5.39 Å². The van der Waals surface area contributed by atoms with Gasteiger partial charge in [0.25, 0.3) is 0 Å². The van der Waals surface area contributed by atoms with Crippen LogP contribution >= 0.6 is 47.8 Å². The van der Waals surface area contributed by atoms with Crippen LogP contribution in [0.25, 0.3) is 4.98 Å². The molecule has 0 fully saturated rings. The molecular weight excluding hydrogens is 504 g/mol. The maximum Gasteiger partial charge on any atom is 0.413 e. The van der Waals surface area contributed by atoms with Gasteiger partial charge >= 0.3 is 5.69 Å². The predicted octanol–water partition coefficient (Wildman–Crippen LogP) is 5.36. The van der Waals surface area contributed by atoms with Crippen LogP contribution < -0.4 is 0 Å². The topological polar surface area (TPSA) is 85.4 Å². The number of diazo groups is 1. The first-order chi connectivity index (χ1) is 10.1. The van der Waals surface area contributed by atoms with Gasteiger partial charge in [-0.1, -0.05) is 33.6 Å². The summed E-state index contributed by atoms with van der Waals surface area (Å²) in [7, 11) is -4.27. The van der Waals surface area contributed by atoms with Crippen molar-refractivity contribution in [1.82, 2.24) is 0 Å². The number of hydrogen-bond acceptors (Lipinski definition) is 4. The van der Waals surface area contributed by atoms with Crippen LogP contribution in [0.15, 0.2) is 54.7 Å². The molecule has 116 valence electrons. The molecule has 0 atom stereocenters. The van der Waals surface area contributed by atoms with Gasteiger partial charge in [-0.2, -0.15) is 0 Å². The van der Waals surface area contributed by atoms with Gasteiger partial charge in [0, 0.05) is 4.47 Å². The van der Waals surface area contributed by atoms with Gasteiger partial charge in [-0.3, -0.25) is 0 Å². The van der Waals surface area contributed by atoms with Gasteiger partial charge in [-0.25, -0.2) is 8.42 Å². The highest BCUT2D eigenvalue weighted by Crippen LogP contribution is 2.36. The second-order valence-corrected chi connectivity index (χ2v) is 8.09. The Bertz CT molecular complexity index is 792. The maximum absolute atomic E-state index is 10.4. The van der Waals surface area contributed by atoms with E-state index < -0.39 is 10.1 Å². The number of nitrogens with zero attached hydrogens (tertiary/aromatic N) is 2. The van der Waals surface area contributed by atoms with Crippen LogP contribution in [0.5, 0.6) is 0 Å². The van der Waals surface area contributed by atoms with Crippen molar-refractivity contribution in [1.29, 1.82) is 5.39 Å². The van der Waals surface area contributed by atoms with Crippen LogP contribution in [-0.2, 0) is 10.1 Å². The lowest BCUT2D eigenvalue weighted by Crippen LogP contribution is -1.97. The van der Waals surface area contributed by atoms with Crippen molar-refractivity contribution in [3.8, 4) is 0 Å². The zero-order valence-corrected chi connectivity index (χ0v) is 16.7. The molecule has 0 radical (unpaired) electrons. The third-order valence-corrected chi connectivity index (χ3v) is 4.91. The van der Waals surface area contributed by atoms with Gasteiger partial charge in [-0.15, -0.1) is 0 Å². The molecule has 2 rings (SSSR count). The van der Waals surface area contributed by atoms with Crippen molar-refractivity contribution < 1.29 is 13.0 Å². The molecule has 0 bridgehead atoms. The fraction of sp³-hybridized carbons (Fsp3) is 0.0769. The third-order valence-electron chi connectivity index (χ3n) is 2.39. The largest absolute Gasteiger partial charge is 0.744 e. The van der Waals surface area contributed by atoms with Crippen LogP contribution in [0.4, 0.5) is 5.69 Å². The average molecular weight is 513 g/mol. The molecule has 0 aliphatic heterocycles. The fourth-order valence-corrected chi connectivity index (χ4v) is 4.22. The zero-order chi connectivity index (χ0) is 16.9. The Morgan fingerprint density at radius 1 is 1.05 bits per heavy atom. The highest BCUT2D eigenvalue weighted by atomic mass is 79.9. The van der Waals surface area contributed by atoms with Gasteiger partial charge in [0.1, 0.15) is 19.1 Å². The van der Waals surface area contributed by atoms with E-state index in [0.29, 0.717) is 5.69 Å². The van der Waals surface area contributed by atoms with E-state index in [0.717, 1.165) is 19.0 Å². The summed E-state index contributed by atoms with van der Waals surface area (Å²) in [6.07, 6.45) is 0. The zero-order valence-electron chi connectivity index (χ0n) is 11.1. The van der Waals surface area contributed by atoms with E-state index in [4.69, 9.17) is 5.39 Å². The summed E-state index contributed by atoms with van der Waals surface area (Å²) in [5.41, 5.74) is 1.42. The summed E-state index contributed by atoms with van der Waals surface area (Å²) in [6, 6.07) is 9.39. The van der Waals surface area contributed by atoms with Gasteiger partial charge < -0.3 is 4.55 Å². The van der Waals surface area contributed by atoms with Gasteiger partial charge in [0.05, 0.1) is 4.90 Å². The van der Waals surface area contributed by atoms with E-state index in [2.05, 4.69) is 52.8 Å². The second kappa shape index (κ2) is 8.17. The third kappa shape index (κ3) is 5.78. The van der Waals surface area contributed by atoms with Crippen molar-refractivity contribution in [3.63, 3.8) is 0 Å². The van der Waals surface area contributed by atoms with E-state index in [1.165, 1.54) is 12.1 Å². The standard InChI is InChI=1S/C7H8O3S.C6H2Br3N2/c1-6-2-4-7(5-3-6)11(8,9)10;7-3-1-4(8)6(11-10)5(9)2-3/h2-5H,1H3,(H,8,9,10);1-2H/q;+1/p-1. The van der Waals surface area contributed by atoms with Crippen molar-refractivity contribution in [2.75, 3.05) is 0 Å². The number of hydrogen-bond donors (Lipinski definition) is 0. The van der Waals surface area contributed by atoms with Crippen LogP contribution in [0.1, 0.15) is 5.56 Å². The van der Waals surface area contributed by atoms with Gasteiger partial charge in [-0.05, 0) is 63.0 Å². The summed E-state index contributed by atoms with van der Waals surface area (Å²) >= 11 is 9.78. The van der Waals surface area contributed by atoms with Crippen molar-refractivity contribution in [3.05, 3.63) is 60.4 Å². The minimum Gasteiger partial charge on any atom is -0.744 e. The molecule has 0 heterocycles. The lowest BCUT2D eigenvalue weighted by molar-refractivity contribution is 0.463. The Balaban J connectivity index is 0.000000220. The number of benzene rings is 2. The van der Waals surface area contributed by atoms with E-state index in [1.807, 2.05) is 6.92 Å². The van der Waals surface area contributed by atoms with Crippen LogP contribution in [0, 0.1) is 12.3 Å². The number of halogens is 3. The molecule has 0 N–H and O–H groups in total. The monoisotopic (exact) mass is 510 g/mol. The Kier molecular flexibility index (Phi) is 7.15. The Morgan fingerprint density at radius 3 is 1.86 bits per heavy atom. The first kappa shape index (κ1) is 19.3. The molecule has 0 aliphatic carbocycles. The summed E-state index contributed by atoms with van der Waals surface area (Å²) < 4.78 is 33.6. The summed E-state index contributed by atoms with van der Waals surface area (Å²) in [4.78, 5) is 2.92. The molecule has 0 aliphatic rings. The lowest BCUT2D eigenvalue weighted by atomic mass is 10.2. The first-order valence-electron chi connectivity index (χ1n) is 5.67. The van der Waals surface area contributed by atoms with E-state index >= 15 is 0 Å². The van der Waals surface area contributed by atoms with Crippen molar-refractivity contribution in [2.45, 2.75) is 11.8 Å². The molecule has 2 aromatic carbocycles. The molecule has 0 spiro atoms. The summed E-state index contributed by atoms with van der Waals surface area (Å²) in [6.45, 7) is 1.82. The van der Waals surface area contributed by atoms with Crippen LogP contribution in [0.2, 0.25) is 0 Å². The highest BCUT2D eigenvalue weighted by molar-refractivity contribution is 9.11. The van der Waals surface area contributed by atoms with E-state index in [-0.39, 0.29) is 4.90 Å². The minimum atomic E-state index is -4.27. The number of aryl methyl sites for hydroxylation is 1. The smallest absolute Gasteiger partial charge is 0.413 e.